The van der Waals surface area contributed by atoms with E-state index in [4.69, 9.17) is 5.11 Å². The Morgan fingerprint density at radius 3 is 2.59 bits per heavy atom. The Morgan fingerprint density at radius 1 is 1.26 bits per heavy atom. The van der Waals surface area contributed by atoms with Gasteiger partial charge in [-0.05, 0) is 50.9 Å². The molecule has 1 fully saturated rings. The Balaban J connectivity index is 1.63. The van der Waals surface area contributed by atoms with E-state index >= 15 is 0 Å². The van der Waals surface area contributed by atoms with Crippen molar-refractivity contribution in [1.29, 1.82) is 0 Å². The summed E-state index contributed by atoms with van der Waals surface area (Å²) in [5, 5.41) is 23.2. The minimum absolute atomic E-state index is 0.0530. The fourth-order valence-electron chi connectivity index (χ4n) is 3.32. The molecule has 0 saturated carbocycles. The predicted octanol–water partition coefficient (Wildman–Crippen LogP) is 2.48. The van der Waals surface area contributed by atoms with Gasteiger partial charge >= 0.3 is 0 Å². The molecule has 1 aliphatic rings. The highest BCUT2D eigenvalue weighted by Gasteiger charge is 2.18. The van der Waals surface area contributed by atoms with Crippen molar-refractivity contribution >= 4 is 11.5 Å². The van der Waals surface area contributed by atoms with Gasteiger partial charge in [-0.2, -0.15) is 0 Å². The number of aliphatic hydroxyl groups excluding tert-OH is 1. The maximum absolute atomic E-state index is 10.8. The average Bonchev–Trinajstić information content (AvgIpc) is 2.67. The first-order chi connectivity index (χ1) is 13.0. The van der Waals surface area contributed by atoms with E-state index in [-0.39, 0.29) is 12.3 Å². The molecule has 1 aromatic carbocycles. The number of nitrogens with zero attached hydrogens (tertiary/aromatic N) is 4. The van der Waals surface area contributed by atoms with E-state index in [9.17, 15) is 10.1 Å². The number of nitrogens with one attached hydrogen (secondary N) is 1. The number of rotatable bonds is 7. The van der Waals surface area contributed by atoms with Crippen LogP contribution in [-0.4, -0.2) is 57.7 Å². The number of benzene rings is 1. The van der Waals surface area contributed by atoms with Crippen LogP contribution >= 0.6 is 0 Å². The molecule has 144 valence electrons. The van der Waals surface area contributed by atoms with E-state index < -0.39 is 4.92 Å². The number of hydrogen-bond acceptors (Lipinski definition) is 7. The molecule has 0 amide bonds. The van der Waals surface area contributed by atoms with Crippen LogP contribution in [0.15, 0.2) is 30.3 Å². The molecule has 2 aromatic rings. The second kappa shape index (κ2) is 8.88. The molecule has 0 unspecified atom stereocenters. The van der Waals surface area contributed by atoms with Crippen molar-refractivity contribution in [1.82, 2.24) is 14.9 Å². The zero-order valence-electron chi connectivity index (χ0n) is 15.5. The van der Waals surface area contributed by atoms with Gasteiger partial charge in [-0.1, -0.05) is 0 Å². The van der Waals surface area contributed by atoms with E-state index in [1.54, 1.807) is 12.1 Å². The van der Waals surface area contributed by atoms with Crippen molar-refractivity contribution in [3.8, 4) is 11.4 Å². The SMILES string of the molecule is Cc1cc(NCC2CCN(CCO)CC2)nc(-c2ccc([N+](=O)[O-])cc2)n1. The molecule has 8 nitrogen and oxygen atoms in total. The maximum atomic E-state index is 10.8. The van der Waals surface area contributed by atoms with Gasteiger partial charge in [-0.25, -0.2) is 9.97 Å². The van der Waals surface area contributed by atoms with Crippen LogP contribution < -0.4 is 5.32 Å². The lowest BCUT2D eigenvalue weighted by Crippen LogP contribution is -2.37. The Labute approximate surface area is 158 Å². The summed E-state index contributed by atoms with van der Waals surface area (Å²) in [6.07, 6.45) is 2.21. The summed E-state index contributed by atoms with van der Waals surface area (Å²) in [7, 11) is 0. The molecule has 0 aliphatic carbocycles. The molecule has 1 aromatic heterocycles. The monoisotopic (exact) mass is 371 g/mol. The molecule has 1 aliphatic heterocycles. The molecule has 0 atom stereocenters. The summed E-state index contributed by atoms with van der Waals surface area (Å²) in [6, 6.07) is 8.19. The van der Waals surface area contributed by atoms with Crippen LogP contribution in [0.4, 0.5) is 11.5 Å². The minimum atomic E-state index is -0.417. The van der Waals surface area contributed by atoms with Crippen LogP contribution in [0.2, 0.25) is 0 Å². The van der Waals surface area contributed by atoms with Gasteiger partial charge in [0.25, 0.3) is 5.69 Å². The molecule has 0 radical (unpaired) electrons. The standard InChI is InChI=1S/C19H25N5O3/c1-14-12-18(20-13-15-6-8-23(9-7-15)10-11-25)22-19(21-14)16-2-4-17(5-3-16)24(26)27/h2-5,12,15,25H,6-11,13H2,1H3,(H,20,21,22). The predicted molar refractivity (Wildman–Crippen MR) is 104 cm³/mol. The lowest BCUT2D eigenvalue weighted by atomic mass is 9.97. The Morgan fingerprint density at radius 2 is 1.96 bits per heavy atom. The molecule has 27 heavy (non-hydrogen) atoms. The Hall–Kier alpha value is -2.58. The fraction of sp³-hybridized carbons (Fsp3) is 0.474. The largest absolute Gasteiger partial charge is 0.395 e. The van der Waals surface area contributed by atoms with Crippen LogP contribution in [0.5, 0.6) is 0 Å². The van der Waals surface area contributed by atoms with Gasteiger partial charge in [0.15, 0.2) is 5.82 Å². The van der Waals surface area contributed by atoms with E-state index in [0.29, 0.717) is 11.7 Å². The topological polar surface area (TPSA) is 104 Å². The second-order valence-electron chi connectivity index (χ2n) is 6.91. The van der Waals surface area contributed by atoms with Gasteiger partial charge in [-0.15, -0.1) is 0 Å². The molecule has 0 spiro atoms. The summed E-state index contributed by atoms with van der Waals surface area (Å²) < 4.78 is 0. The van der Waals surface area contributed by atoms with Gasteiger partial charge in [0.2, 0.25) is 0 Å². The smallest absolute Gasteiger partial charge is 0.269 e. The van der Waals surface area contributed by atoms with Crippen molar-refractivity contribution in [2.45, 2.75) is 19.8 Å². The first-order valence-corrected chi connectivity index (χ1v) is 9.23. The molecule has 2 N–H and O–H groups in total. The van der Waals surface area contributed by atoms with Crippen molar-refractivity contribution in [2.75, 3.05) is 38.1 Å². The zero-order valence-corrected chi connectivity index (χ0v) is 15.5. The van der Waals surface area contributed by atoms with Crippen molar-refractivity contribution in [3.05, 3.63) is 46.1 Å². The van der Waals surface area contributed by atoms with Crippen LogP contribution in [0.25, 0.3) is 11.4 Å². The van der Waals surface area contributed by atoms with Gasteiger partial charge in [0.1, 0.15) is 5.82 Å². The number of non-ortho nitro benzene ring substituents is 1. The number of aliphatic hydroxyl groups is 1. The Kier molecular flexibility index (Phi) is 6.31. The third-order valence-corrected chi connectivity index (χ3v) is 4.89. The number of aryl methyl sites for hydroxylation is 1. The number of hydrogen-bond donors (Lipinski definition) is 2. The van der Waals surface area contributed by atoms with E-state index in [0.717, 1.165) is 56.1 Å². The molecule has 0 bridgehead atoms. The highest BCUT2D eigenvalue weighted by molar-refractivity contribution is 5.59. The number of nitro groups is 1. The normalized spacial score (nSPS) is 15.6. The zero-order chi connectivity index (χ0) is 19.2. The first kappa shape index (κ1) is 19.2. The molecule has 3 rings (SSSR count). The maximum Gasteiger partial charge on any atom is 0.269 e. The van der Waals surface area contributed by atoms with Crippen LogP contribution in [-0.2, 0) is 0 Å². The quantitative estimate of drug-likeness (QED) is 0.569. The lowest BCUT2D eigenvalue weighted by Gasteiger charge is -2.31. The molecular weight excluding hydrogens is 346 g/mol. The summed E-state index contributed by atoms with van der Waals surface area (Å²) in [5.41, 5.74) is 1.65. The number of nitro benzene ring substituents is 1. The number of β-amino-alcohol motifs (C(OH)–C–C–N with tert-alkyl or cyclic N) is 1. The summed E-state index contributed by atoms with van der Waals surface area (Å²) in [4.78, 5) is 21.7. The van der Waals surface area contributed by atoms with Gasteiger partial charge in [0, 0.05) is 42.5 Å². The fourth-order valence-corrected chi connectivity index (χ4v) is 3.32. The van der Waals surface area contributed by atoms with Crippen LogP contribution in [0.3, 0.4) is 0 Å². The molecule has 8 heteroatoms. The van der Waals surface area contributed by atoms with Gasteiger partial charge in [-0.3, -0.25) is 10.1 Å². The lowest BCUT2D eigenvalue weighted by molar-refractivity contribution is -0.384. The molecule has 2 heterocycles. The van der Waals surface area contributed by atoms with Gasteiger partial charge < -0.3 is 15.3 Å². The second-order valence-corrected chi connectivity index (χ2v) is 6.91. The first-order valence-electron chi connectivity index (χ1n) is 9.23. The highest BCUT2D eigenvalue weighted by Crippen LogP contribution is 2.22. The summed E-state index contributed by atoms with van der Waals surface area (Å²) >= 11 is 0. The number of aromatic nitrogens is 2. The van der Waals surface area contributed by atoms with Crippen LogP contribution in [0, 0.1) is 23.0 Å². The Bertz CT molecular complexity index is 773. The molecule has 1 saturated heterocycles. The summed E-state index contributed by atoms with van der Waals surface area (Å²) in [6.45, 7) is 5.77. The van der Waals surface area contributed by atoms with Crippen LogP contribution in [0.1, 0.15) is 18.5 Å². The molecular formula is C19H25N5O3. The third-order valence-electron chi connectivity index (χ3n) is 4.89. The number of likely N-dealkylation sites (tertiary alicyclic amines) is 1. The van der Waals surface area contributed by atoms with E-state index in [2.05, 4.69) is 20.2 Å². The number of piperidine rings is 1. The van der Waals surface area contributed by atoms with E-state index in [1.807, 2.05) is 13.0 Å². The minimum Gasteiger partial charge on any atom is -0.395 e. The van der Waals surface area contributed by atoms with Crippen molar-refractivity contribution in [3.63, 3.8) is 0 Å². The van der Waals surface area contributed by atoms with E-state index in [1.165, 1.54) is 12.1 Å². The average molecular weight is 371 g/mol. The van der Waals surface area contributed by atoms with Crippen molar-refractivity contribution < 1.29 is 10.0 Å². The summed E-state index contributed by atoms with van der Waals surface area (Å²) in [5.74, 6) is 1.91. The van der Waals surface area contributed by atoms with Crippen molar-refractivity contribution in [2.24, 2.45) is 5.92 Å². The van der Waals surface area contributed by atoms with Gasteiger partial charge in [0.05, 0.1) is 11.5 Å². The number of anilines is 1. The highest BCUT2D eigenvalue weighted by atomic mass is 16.6. The third kappa shape index (κ3) is 5.21.